The number of carbonyl (C=O) groups is 2. The first-order valence-electron chi connectivity index (χ1n) is 6.97. The van der Waals surface area contributed by atoms with Gasteiger partial charge in [0.2, 0.25) is 5.91 Å². The number of carboxylic acid groups (broad SMARTS) is 1. The van der Waals surface area contributed by atoms with Crippen LogP contribution in [0, 0.1) is 0 Å². The number of hydrogen-bond acceptors (Lipinski definition) is 3. The van der Waals surface area contributed by atoms with Crippen molar-refractivity contribution >= 4 is 11.9 Å². The van der Waals surface area contributed by atoms with E-state index < -0.39 is 11.5 Å². The zero-order valence-electron chi connectivity index (χ0n) is 11.7. The lowest BCUT2D eigenvalue weighted by molar-refractivity contribution is -0.160. The maximum absolute atomic E-state index is 12.3. The van der Waals surface area contributed by atoms with Gasteiger partial charge in [-0.1, -0.05) is 6.07 Å². The van der Waals surface area contributed by atoms with Crippen molar-refractivity contribution in [1.29, 1.82) is 0 Å². The Balaban J connectivity index is 2.02. The summed E-state index contributed by atoms with van der Waals surface area (Å²) in [5.74, 6) is -0.995. The van der Waals surface area contributed by atoms with E-state index >= 15 is 0 Å². The van der Waals surface area contributed by atoms with Gasteiger partial charge in [-0.2, -0.15) is 0 Å². The molecule has 1 unspecified atom stereocenters. The number of carboxylic acids is 1. The van der Waals surface area contributed by atoms with E-state index in [2.05, 4.69) is 4.98 Å². The van der Waals surface area contributed by atoms with Crippen molar-refractivity contribution in [3.63, 3.8) is 0 Å². The molecule has 20 heavy (non-hydrogen) atoms. The molecule has 1 aliphatic heterocycles. The molecular formula is C15H20N2O3. The molecule has 1 N–H and O–H groups in total. The van der Waals surface area contributed by atoms with Crippen molar-refractivity contribution in [2.75, 3.05) is 6.54 Å². The molecule has 0 aliphatic carbocycles. The number of aliphatic carboxylic acids is 1. The predicted octanol–water partition coefficient (Wildman–Crippen LogP) is 1.87. The van der Waals surface area contributed by atoms with Crippen LogP contribution >= 0.6 is 0 Å². The molecule has 5 nitrogen and oxygen atoms in total. The van der Waals surface area contributed by atoms with Gasteiger partial charge in [0.15, 0.2) is 0 Å². The van der Waals surface area contributed by atoms with Crippen molar-refractivity contribution < 1.29 is 14.7 Å². The first-order valence-corrected chi connectivity index (χ1v) is 6.97. The van der Waals surface area contributed by atoms with Gasteiger partial charge in [0.25, 0.3) is 0 Å². The highest BCUT2D eigenvalue weighted by Crippen LogP contribution is 2.29. The first kappa shape index (κ1) is 14.5. The van der Waals surface area contributed by atoms with Gasteiger partial charge in [0, 0.05) is 25.4 Å². The molecule has 2 rings (SSSR count). The molecule has 5 heteroatoms. The number of pyridine rings is 1. The molecule has 108 valence electrons. The van der Waals surface area contributed by atoms with E-state index in [0.717, 1.165) is 18.4 Å². The Morgan fingerprint density at radius 1 is 1.45 bits per heavy atom. The van der Waals surface area contributed by atoms with Crippen molar-refractivity contribution in [1.82, 2.24) is 9.88 Å². The average molecular weight is 276 g/mol. The largest absolute Gasteiger partial charge is 0.480 e. The number of piperidine rings is 1. The summed E-state index contributed by atoms with van der Waals surface area (Å²) >= 11 is 0. The second-order valence-corrected chi connectivity index (χ2v) is 5.44. The fourth-order valence-electron chi connectivity index (χ4n) is 2.68. The molecule has 0 aromatic carbocycles. The summed E-state index contributed by atoms with van der Waals surface area (Å²) in [6.07, 6.45) is 6.61. The van der Waals surface area contributed by atoms with Crippen LogP contribution in [0.4, 0.5) is 0 Å². The number of carbonyl (C=O) groups excluding carboxylic acids is 1. The number of nitrogens with zero attached hydrogens (tertiary/aromatic N) is 2. The van der Waals surface area contributed by atoms with E-state index in [9.17, 15) is 14.7 Å². The molecule has 1 aromatic heterocycles. The van der Waals surface area contributed by atoms with Gasteiger partial charge < -0.3 is 10.0 Å². The van der Waals surface area contributed by atoms with Crippen molar-refractivity contribution in [2.24, 2.45) is 0 Å². The van der Waals surface area contributed by atoms with Crippen LogP contribution in [0.1, 0.15) is 38.2 Å². The Kier molecular flexibility index (Phi) is 4.37. The summed E-state index contributed by atoms with van der Waals surface area (Å²) in [5.41, 5.74) is -0.0561. The molecule has 1 aromatic rings. The van der Waals surface area contributed by atoms with Crippen LogP contribution in [0.2, 0.25) is 0 Å². The monoisotopic (exact) mass is 276 g/mol. The zero-order chi connectivity index (χ0) is 14.6. The third-order valence-electron chi connectivity index (χ3n) is 4.00. The minimum absolute atomic E-state index is 0.0848. The maximum atomic E-state index is 12.3. The molecule has 1 fully saturated rings. The van der Waals surface area contributed by atoms with Gasteiger partial charge in [0.1, 0.15) is 5.54 Å². The quantitative estimate of drug-likeness (QED) is 0.911. The van der Waals surface area contributed by atoms with Gasteiger partial charge >= 0.3 is 5.97 Å². The lowest BCUT2D eigenvalue weighted by atomic mass is 9.88. The number of rotatable bonds is 4. The fraction of sp³-hybridized carbons (Fsp3) is 0.533. The molecule has 0 bridgehead atoms. The highest BCUT2D eigenvalue weighted by molar-refractivity contribution is 5.87. The Labute approximate surface area is 118 Å². The number of likely N-dealkylation sites (tertiary alicyclic amines) is 1. The van der Waals surface area contributed by atoms with Crippen LogP contribution in [-0.4, -0.2) is 39.0 Å². The second-order valence-electron chi connectivity index (χ2n) is 5.44. The van der Waals surface area contributed by atoms with Crippen molar-refractivity contribution in [2.45, 2.75) is 44.6 Å². The predicted molar refractivity (Wildman–Crippen MR) is 74.2 cm³/mol. The molecular weight excluding hydrogens is 256 g/mol. The van der Waals surface area contributed by atoms with E-state index in [-0.39, 0.29) is 5.91 Å². The summed E-state index contributed by atoms with van der Waals surface area (Å²) in [4.78, 5) is 29.3. The van der Waals surface area contributed by atoms with E-state index in [1.165, 1.54) is 4.90 Å². The summed E-state index contributed by atoms with van der Waals surface area (Å²) in [5, 5.41) is 9.40. The first-order chi connectivity index (χ1) is 9.54. The summed E-state index contributed by atoms with van der Waals surface area (Å²) in [7, 11) is 0. The molecule has 0 saturated carbocycles. The summed E-state index contributed by atoms with van der Waals surface area (Å²) in [6, 6.07) is 3.76. The van der Waals surface area contributed by atoms with Gasteiger partial charge in [0.05, 0.1) is 0 Å². The lowest BCUT2D eigenvalue weighted by Gasteiger charge is -2.41. The fourth-order valence-corrected chi connectivity index (χ4v) is 2.68. The zero-order valence-corrected chi connectivity index (χ0v) is 11.7. The summed E-state index contributed by atoms with van der Waals surface area (Å²) < 4.78 is 0. The van der Waals surface area contributed by atoms with Crippen LogP contribution in [0.15, 0.2) is 24.5 Å². The van der Waals surface area contributed by atoms with Gasteiger partial charge in [-0.25, -0.2) is 4.79 Å². The minimum atomic E-state index is -1.05. The highest BCUT2D eigenvalue weighted by Gasteiger charge is 2.43. The topological polar surface area (TPSA) is 70.5 Å². The van der Waals surface area contributed by atoms with Crippen LogP contribution < -0.4 is 0 Å². The molecule has 0 spiro atoms. The Bertz CT molecular complexity index is 489. The number of aromatic nitrogens is 1. The highest BCUT2D eigenvalue weighted by atomic mass is 16.4. The normalized spacial score (nSPS) is 22.6. The van der Waals surface area contributed by atoms with Crippen LogP contribution in [0.25, 0.3) is 0 Å². The van der Waals surface area contributed by atoms with Crippen LogP contribution in [-0.2, 0) is 16.0 Å². The molecule has 2 heterocycles. The van der Waals surface area contributed by atoms with E-state index in [4.69, 9.17) is 0 Å². The molecule has 1 amide bonds. The van der Waals surface area contributed by atoms with Crippen molar-refractivity contribution in [3.8, 4) is 0 Å². The average Bonchev–Trinajstić information content (AvgIpc) is 2.46. The smallest absolute Gasteiger partial charge is 0.329 e. The molecule has 0 radical (unpaired) electrons. The molecule has 1 aliphatic rings. The van der Waals surface area contributed by atoms with Crippen LogP contribution in [0.5, 0.6) is 0 Å². The Hall–Kier alpha value is -1.91. The summed E-state index contributed by atoms with van der Waals surface area (Å²) in [6.45, 7) is 2.19. The van der Waals surface area contributed by atoms with E-state index in [1.54, 1.807) is 19.3 Å². The Morgan fingerprint density at radius 2 is 2.25 bits per heavy atom. The maximum Gasteiger partial charge on any atom is 0.329 e. The van der Waals surface area contributed by atoms with Gasteiger partial charge in [-0.15, -0.1) is 0 Å². The minimum Gasteiger partial charge on any atom is -0.480 e. The third-order valence-corrected chi connectivity index (χ3v) is 4.00. The third kappa shape index (κ3) is 2.98. The second kappa shape index (κ2) is 6.03. The Morgan fingerprint density at radius 3 is 2.90 bits per heavy atom. The molecule has 1 saturated heterocycles. The van der Waals surface area contributed by atoms with E-state index in [1.807, 2.05) is 12.1 Å². The SMILES string of the molecule is CC1(C(=O)O)CCCCN1C(=O)CCc1cccnc1. The van der Waals surface area contributed by atoms with E-state index in [0.29, 0.717) is 25.8 Å². The van der Waals surface area contributed by atoms with Gasteiger partial charge in [-0.3, -0.25) is 9.78 Å². The molecule has 1 atom stereocenters. The number of hydrogen-bond donors (Lipinski definition) is 1. The standard InChI is InChI=1S/C15H20N2O3/c1-15(14(19)20)8-2-3-10-17(15)13(18)7-6-12-5-4-9-16-11-12/h4-5,9,11H,2-3,6-8,10H2,1H3,(H,19,20). The number of amides is 1. The lowest BCUT2D eigenvalue weighted by Crippen LogP contribution is -2.57. The van der Waals surface area contributed by atoms with Gasteiger partial charge in [-0.05, 0) is 44.2 Å². The number of aryl methyl sites for hydroxylation is 1. The van der Waals surface area contributed by atoms with Crippen molar-refractivity contribution in [3.05, 3.63) is 30.1 Å². The van der Waals surface area contributed by atoms with Crippen LogP contribution in [0.3, 0.4) is 0 Å².